The number of carbonyl (C=O) groups excluding carboxylic acids is 1. The molecular weight excluding hydrogens is 298 g/mol. The predicted molar refractivity (Wildman–Crippen MR) is 74.2 cm³/mol. The Labute approximate surface area is 124 Å². The van der Waals surface area contributed by atoms with Crippen LogP contribution in [0.5, 0.6) is 5.75 Å². The predicted octanol–water partition coefficient (Wildman–Crippen LogP) is 1.33. The summed E-state index contributed by atoms with van der Waals surface area (Å²) < 4.78 is 1.43. The van der Waals surface area contributed by atoms with Crippen molar-refractivity contribution in [2.45, 2.75) is 6.04 Å². The minimum atomic E-state index is -1.26. The van der Waals surface area contributed by atoms with E-state index < -0.39 is 17.9 Å². The molecule has 0 fully saturated rings. The minimum absolute atomic E-state index is 0.00759. The van der Waals surface area contributed by atoms with Crippen LogP contribution in [0.3, 0.4) is 0 Å². The summed E-state index contributed by atoms with van der Waals surface area (Å²) in [6.07, 6.45) is 2.84. The molecule has 1 heterocycles. The molecule has 2 aromatic rings. The number of amides is 1. The Morgan fingerprint density at radius 2 is 2.14 bits per heavy atom. The SMILES string of the molecule is Cn1cc(C(NC(=O)c2cc(O)ccc2Cl)C(=O)O)cn1. The average Bonchev–Trinajstić information content (AvgIpc) is 2.84. The number of carboxylic acid groups (broad SMARTS) is 1. The van der Waals surface area contributed by atoms with Crippen LogP contribution in [0.4, 0.5) is 0 Å². The van der Waals surface area contributed by atoms with E-state index in [9.17, 15) is 19.8 Å². The molecule has 1 amide bonds. The first-order chi connectivity index (χ1) is 9.88. The third-order valence-corrected chi connectivity index (χ3v) is 3.10. The molecule has 0 aliphatic rings. The third kappa shape index (κ3) is 3.32. The second-order valence-corrected chi connectivity index (χ2v) is 4.76. The maximum atomic E-state index is 12.1. The number of rotatable bonds is 4. The summed E-state index contributed by atoms with van der Waals surface area (Å²) in [5, 5.41) is 24.9. The Hall–Kier alpha value is -2.54. The van der Waals surface area contributed by atoms with Crippen molar-refractivity contribution < 1.29 is 19.8 Å². The number of aromatic nitrogens is 2. The van der Waals surface area contributed by atoms with Crippen LogP contribution in [0.25, 0.3) is 0 Å². The van der Waals surface area contributed by atoms with E-state index in [2.05, 4.69) is 10.4 Å². The van der Waals surface area contributed by atoms with Crippen molar-refractivity contribution in [1.82, 2.24) is 15.1 Å². The van der Waals surface area contributed by atoms with Gasteiger partial charge in [0.2, 0.25) is 0 Å². The zero-order valence-electron chi connectivity index (χ0n) is 10.9. The number of phenolic OH excluding ortho intramolecular Hbond substituents is 1. The maximum Gasteiger partial charge on any atom is 0.331 e. The Morgan fingerprint density at radius 3 is 2.71 bits per heavy atom. The number of hydrogen-bond donors (Lipinski definition) is 3. The zero-order valence-corrected chi connectivity index (χ0v) is 11.7. The fourth-order valence-electron chi connectivity index (χ4n) is 1.77. The second kappa shape index (κ2) is 5.84. The summed E-state index contributed by atoms with van der Waals surface area (Å²) in [6, 6.07) is 2.59. The lowest BCUT2D eigenvalue weighted by molar-refractivity contribution is -0.139. The van der Waals surface area contributed by atoms with Crippen molar-refractivity contribution in [1.29, 1.82) is 0 Å². The Bertz CT molecular complexity index is 698. The van der Waals surface area contributed by atoms with Gasteiger partial charge in [0.05, 0.1) is 16.8 Å². The van der Waals surface area contributed by atoms with E-state index in [1.807, 2.05) is 0 Å². The number of aliphatic carboxylic acids is 1. The highest BCUT2D eigenvalue weighted by atomic mass is 35.5. The van der Waals surface area contributed by atoms with Crippen molar-refractivity contribution in [3.05, 3.63) is 46.7 Å². The third-order valence-electron chi connectivity index (χ3n) is 2.78. The lowest BCUT2D eigenvalue weighted by Crippen LogP contribution is -2.33. The van der Waals surface area contributed by atoms with Gasteiger partial charge in [-0.05, 0) is 18.2 Å². The van der Waals surface area contributed by atoms with Gasteiger partial charge in [0.1, 0.15) is 5.75 Å². The Kier molecular flexibility index (Phi) is 4.13. The largest absolute Gasteiger partial charge is 0.508 e. The summed E-state index contributed by atoms with van der Waals surface area (Å²) in [7, 11) is 1.64. The molecule has 1 aromatic carbocycles. The van der Waals surface area contributed by atoms with Gasteiger partial charge in [-0.3, -0.25) is 9.48 Å². The van der Waals surface area contributed by atoms with Crippen LogP contribution < -0.4 is 5.32 Å². The summed E-state index contributed by atoms with van der Waals surface area (Å²) in [4.78, 5) is 23.4. The van der Waals surface area contributed by atoms with E-state index in [0.717, 1.165) is 0 Å². The Morgan fingerprint density at radius 1 is 1.43 bits per heavy atom. The molecule has 0 aliphatic carbocycles. The molecule has 7 nitrogen and oxygen atoms in total. The first kappa shape index (κ1) is 14.9. The highest BCUT2D eigenvalue weighted by Gasteiger charge is 2.25. The van der Waals surface area contributed by atoms with Gasteiger partial charge >= 0.3 is 5.97 Å². The number of carboxylic acids is 1. The van der Waals surface area contributed by atoms with Crippen molar-refractivity contribution in [2.24, 2.45) is 7.05 Å². The van der Waals surface area contributed by atoms with Crippen LogP contribution in [0.1, 0.15) is 22.0 Å². The topological polar surface area (TPSA) is 104 Å². The average molecular weight is 310 g/mol. The molecule has 0 saturated heterocycles. The number of carbonyl (C=O) groups is 2. The minimum Gasteiger partial charge on any atom is -0.508 e. The van der Waals surface area contributed by atoms with Crippen molar-refractivity contribution >= 4 is 23.5 Å². The Balaban J connectivity index is 2.27. The van der Waals surface area contributed by atoms with Gasteiger partial charge in [0.15, 0.2) is 6.04 Å². The van der Waals surface area contributed by atoms with Crippen molar-refractivity contribution in [2.75, 3.05) is 0 Å². The summed E-state index contributed by atoms with van der Waals surface area (Å²) in [6.45, 7) is 0. The molecule has 0 aliphatic heterocycles. The van der Waals surface area contributed by atoms with Gasteiger partial charge < -0.3 is 15.5 Å². The van der Waals surface area contributed by atoms with E-state index in [-0.39, 0.29) is 16.3 Å². The van der Waals surface area contributed by atoms with E-state index >= 15 is 0 Å². The smallest absolute Gasteiger partial charge is 0.331 e. The van der Waals surface area contributed by atoms with Crippen LogP contribution in [-0.2, 0) is 11.8 Å². The summed E-state index contributed by atoms with van der Waals surface area (Å²) in [5.41, 5.74) is 0.321. The molecule has 0 bridgehead atoms. The van der Waals surface area contributed by atoms with Crippen LogP contribution in [0, 0.1) is 0 Å². The molecule has 110 valence electrons. The molecule has 21 heavy (non-hydrogen) atoms. The van der Waals surface area contributed by atoms with Crippen LogP contribution in [-0.4, -0.2) is 31.9 Å². The highest BCUT2D eigenvalue weighted by molar-refractivity contribution is 6.33. The number of aromatic hydroxyl groups is 1. The van der Waals surface area contributed by atoms with Crippen molar-refractivity contribution in [3.63, 3.8) is 0 Å². The molecular formula is C13H12ClN3O4. The fraction of sp³-hybridized carbons (Fsp3) is 0.154. The number of aryl methyl sites for hydroxylation is 1. The number of nitrogens with one attached hydrogen (secondary N) is 1. The van der Waals surface area contributed by atoms with Gasteiger partial charge in [0, 0.05) is 18.8 Å². The zero-order chi connectivity index (χ0) is 15.6. The van der Waals surface area contributed by atoms with E-state index in [1.165, 1.54) is 35.3 Å². The molecule has 0 radical (unpaired) electrons. The van der Waals surface area contributed by atoms with Gasteiger partial charge in [0.25, 0.3) is 5.91 Å². The molecule has 1 atom stereocenters. The molecule has 2 rings (SSSR count). The molecule has 3 N–H and O–H groups in total. The molecule has 0 saturated carbocycles. The van der Waals surface area contributed by atoms with Crippen molar-refractivity contribution in [3.8, 4) is 5.75 Å². The maximum absolute atomic E-state index is 12.1. The van der Waals surface area contributed by atoms with E-state index in [1.54, 1.807) is 7.05 Å². The summed E-state index contributed by atoms with van der Waals surface area (Å²) >= 11 is 5.87. The van der Waals surface area contributed by atoms with Crippen LogP contribution >= 0.6 is 11.6 Å². The molecule has 1 aromatic heterocycles. The quantitative estimate of drug-likeness (QED) is 0.790. The van der Waals surface area contributed by atoms with E-state index in [0.29, 0.717) is 5.56 Å². The summed E-state index contributed by atoms with van der Waals surface area (Å²) in [5.74, 6) is -2.07. The first-order valence-corrected chi connectivity index (χ1v) is 6.27. The van der Waals surface area contributed by atoms with Gasteiger partial charge in [-0.1, -0.05) is 11.6 Å². The number of hydrogen-bond acceptors (Lipinski definition) is 4. The van der Waals surface area contributed by atoms with Gasteiger partial charge in [-0.2, -0.15) is 5.10 Å². The lowest BCUT2D eigenvalue weighted by Gasteiger charge is -2.13. The lowest BCUT2D eigenvalue weighted by atomic mass is 10.1. The normalized spacial score (nSPS) is 11.9. The standard InChI is InChI=1S/C13H12ClN3O4/c1-17-6-7(5-15-17)11(13(20)21)16-12(19)9-4-8(18)2-3-10(9)14/h2-6,11,18H,1H3,(H,16,19)(H,20,21). The van der Waals surface area contributed by atoms with E-state index in [4.69, 9.17) is 11.6 Å². The number of nitrogens with zero attached hydrogens (tertiary/aromatic N) is 2. The van der Waals surface area contributed by atoms with Crippen LogP contribution in [0.2, 0.25) is 5.02 Å². The van der Waals surface area contributed by atoms with Gasteiger partial charge in [-0.15, -0.1) is 0 Å². The van der Waals surface area contributed by atoms with Gasteiger partial charge in [-0.25, -0.2) is 4.79 Å². The second-order valence-electron chi connectivity index (χ2n) is 4.36. The fourth-order valence-corrected chi connectivity index (χ4v) is 1.98. The molecule has 8 heteroatoms. The first-order valence-electron chi connectivity index (χ1n) is 5.89. The highest BCUT2D eigenvalue weighted by Crippen LogP contribution is 2.22. The number of benzene rings is 1. The van der Waals surface area contributed by atoms with Crippen LogP contribution in [0.15, 0.2) is 30.6 Å². The number of halogens is 1. The number of phenols is 1. The molecule has 1 unspecified atom stereocenters. The monoisotopic (exact) mass is 309 g/mol. The molecule has 0 spiro atoms.